The topological polar surface area (TPSA) is 66.9 Å². The van der Waals surface area contributed by atoms with Gasteiger partial charge in [-0.3, -0.25) is 14.5 Å². The first kappa shape index (κ1) is 17.7. The number of nitrogens with zero attached hydrogens (tertiary/aromatic N) is 2. The van der Waals surface area contributed by atoms with Gasteiger partial charge in [0.25, 0.3) is 0 Å². The summed E-state index contributed by atoms with van der Waals surface area (Å²) in [4.78, 5) is 41.5. The van der Waals surface area contributed by atoms with Crippen LogP contribution in [0.5, 0.6) is 5.75 Å². The molecule has 5 fully saturated rings. The van der Waals surface area contributed by atoms with Gasteiger partial charge < -0.3 is 4.74 Å². The minimum Gasteiger partial charge on any atom is -0.496 e. The van der Waals surface area contributed by atoms with Crippen LogP contribution >= 0.6 is 0 Å². The van der Waals surface area contributed by atoms with Crippen molar-refractivity contribution in [2.75, 3.05) is 7.11 Å². The number of hydrogen-bond donors (Lipinski definition) is 0. The molecule has 1 heterocycles. The molecule has 0 aromatic heterocycles. The fourth-order valence-electron chi connectivity index (χ4n) is 6.60. The highest BCUT2D eigenvalue weighted by Crippen LogP contribution is 2.58. The van der Waals surface area contributed by atoms with Gasteiger partial charge in [-0.25, -0.2) is 9.69 Å². The average Bonchev–Trinajstić information content (AvgIpc) is 2.84. The Balaban J connectivity index is 1.46. The van der Waals surface area contributed by atoms with Gasteiger partial charge >= 0.3 is 17.8 Å². The van der Waals surface area contributed by atoms with E-state index >= 15 is 0 Å². The quantitative estimate of drug-likeness (QED) is 0.592. The van der Waals surface area contributed by atoms with Crippen LogP contribution in [0.3, 0.4) is 0 Å². The van der Waals surface area contributed by atoms with Crippen LogP contribution in [-0.4, -0.2) is 40.3 Å². The number of imide groups is 2. The molecule has 0 unspecified atom stereocenters. The molecule has 4 amide bonds. The number of aryl methyl sites for hydroxylation is 1. The summed E-state index contributed by atoms with van der Waals surface area (Å²) in [6.07, 6.45) is 6.25. The van der Waals surface area contributed by atoms with Crippen molar-refractivity contribution in [3.63, 3.8) is 0 Å². The second-order valence-corrected chi connectivity index (χ2v) is 9.27. The SMILES string of the molecule is COc1ccc(C)cc1CN1C(=O)C(=O)N(C23CC4CC(CC(C4)C2)C3)C1=O. The van der Waals surface area contributed by atoms with Crippen molar-refractivity contribution in [1.82, 2.24) is 9.80 Å². The van der Waals surface area contributed by atoms with Gasteiger partial charge in [-0.05, 0) is 69.3 Å². The average molecular weight is 382 g/mol. The summed E-state index contributed by atoms with van der Waals surface area (Å²) in [6.45, 7) is 2.01. The fraction of sp³-hybridized carbons (Fsp3) is 0.591. The van der Waals surface area contributed by atoms with Crippen molar-refractivity contribution >= 4 is 17.8 Å². The Morgan fingerprint density at radius 1 is 1.00 bits per heavy atom. The summed E-state index contributed by atoms with van der Waals surface area (Å²) in [6, 6.07) is 5.20. The van der Waals surface area contributed by atoms with E-state index in [4.69, 9.17) is 4.74 Å². The first-order valence-electron chi connectivity index (χ1n) is 10.2. The molecule has 1 saturated heterocycles. The molecule has 5 aliphatic rings. The molecule has 0 atom stereocenters. The van der Waals surface area contributed by atoms with Crippen LogP contribution in [0.4, 0.5) is 4.79 Å². The van der Waals surface area contributed by atoms with Crippen molar-refractivity contribution in [2.45, 2.75) is 57.5 Å². The highest BCUT2D eigenvalue weighted by Gasteiger charge is 2.61. The highest BCUT2D eigenvalue weighted by atomic mass is 16.5. The number of rotatable bonds is 4. The van der Waals surface area contributed by atoms with E-state index in [1.165, 1.54) is 24.2 Å². The molecular weight excluding hydrogens is 356 g/mol. The molecule has 4 bridgehead atoms. The lowest BCUT2D eigenvalue weighted by molar-refractivity contribution is -0.150. The van der Waals surface area contributed by atoms with Gasteiger partial charge in [0.2, 0.25) is 0 Å². The number of carbonyl (C=O) groups excluding carboxylic acids is 3. The minimum absolute atomic E-state index is 0.0666. The third-order valence-corrected chi connectivity index (χ3v) is 7.30. The van der Waals surface area contributed by atoms with Gasteiger partial charge in [0.1, 0.15) is 5.75 Å². The standard InChI is InChI=1S/C22H26N2O4/c1-13-3-4-18(28-2)17(5-13)12-23-19(25)20(26)24(21(23)27)22-9-14-6-15(10-22)8-16(7-14)11-22/h3-5,14-16H,6-12H2,1-2H3. The van der Waals surface area contributed by atoms with Crippen LogP contribution in [0.2, 0.25) is 0 Å². The van der Waals surface area contributed by atoms with Crippen LogP contribution in [0.15, 0.2) is 18.2 Å². The molecule has 1 aromatic rings. The normalized spacial score (nSPS) is 33.9. The fourth-order valence-corrected chi connectivity index (χ4v) is 6.60. The van der Waals surface area contributed by atoms with Crippen LogP contribution in [0.25, 0.3) is 0 Å². The van der Waals surface area contributed by atoms with Crippen molar-refractivity contribution in [3.8, 4) is 5.75 Å². The zero-order chi connectivity index (χ0) is 19.6. The van der Waals surface area contributed by atoms with E-state index in [-0.39, 0.29) is 6.54 Å². The Kier molecular flexibility index (Phi) is 3.83. The van der Waals surface area contributed by atoms with Crippen LogP contribution in [0.1, 0.15) is 49.7 Å². The van der Waals surface area contributed by atoms with Crippen molar-refractivity contribution in [1.29, 1.82) is 0 Å². The molecule has 6 rings (SSSR count). The molecule has 6 nitrogen and oxygen atoms in total. The predicted molar refractivity (Wildman–Crippen MR) is 101 cm³/mol. The lowest BCUT2D eigenvalue weighted by atomic mass is 9.52. The largest absolute Gasteiger partial charge is 0.496 e. The summed E-state index contributed by atoms with van der Waals surface area (Å²) < 4.78 is 5.39. The monoisotopic (exact) mass is 382 g/mol. The van der Waals surface area contributed by atoms with E-state index < -0.39 is 23.4 Å². The lowest BCUT2D eigenvalue weighted by Crippen LogP contribution is -2.61. The number of amides is 4. The van der Waals surface area contributed by atoms with E-state index in [0.29, 0.717) is 23.5 Å². The Morgan fingerprint density at radius 3 is 2.18 bits per heavy atom. The highest BCUT2D eigenvalue weighted by molar-refractivity contribution is 6.44. The molecule has 0 N–H and O–H groups in total. The van der Waals surface area contributed by atoms with E-state index in [1.807, 2.05) is 25.1 Å². The maximum atomic E-state index is 13.3. The summed E-state index contributed by atoms with van der Waals surface area (Å²) in [5.41, 5.74) is 1.31. The van der Waals surface area contributed by atoms with E-state index in [1.54, 1.807) is 7.11 Å². The van der Waals surface area contributed by atoms with Crippen molar-refractivity contribution < 1.29 is 19.1 Å². The zero-order valence-corrected chi connectivity index (χ0v) is 16.4. The molecule has 1 aromatic carbocycles. The Labute approximate surface area is 164 Å². The Bertz CT molecular complexity index is 842. The Morgan fingerprint density at radius 2 is 1.61 bits per heavy atom. The smallest absolute Gasteiger partial charge is 0.335 e. The van der Waals surface area contributed by atoms with Gasteiger partial charge in [-0.1, -0.05) is 17.7 Å². The number of benzene rings is 1. The molecular formula is C22H26N2O4. The van der Waals surface area contributed by atoms with Gasteiger partial charge in [-0.2, -0.15) is 0 Å². The van der Waals surface area contributed by atoms with Gasteiger partial charge in [-0.15, -0.1) is 0 Å². The maximum absolute atomic E-state index is 13.3. The van der Waals surface area contributed by atoms with Crippen LogP contribution < -0.4 is 4.74 Å². The van der Waals surface area contributed by atoms with E-state index in [9.17, 15) is 14.4 Å². The molecule has 0 radical (unpaired) electrons. The Hall–Kier alpha value is -2.37. The van der Waals surface area contributed by atoms with E-state index in [2.05, 4.69) is 0 Å². The summed E-state index contributed by atoms with van der Waals surface area (Å²) in [7, 11) is 1.56. The van der Waals surface area contributed by atoms with Crippen molar-refractivity contribution in [2.24, 2.45) is 17.8 Å². The number of carbonyl (C=O) groups is 3. The van der Waals surface area contributed by atoms with Crippen LogP contribution in [0, 0.1) is 24.7 Å². The third kappa shape index (κ3) is 2.50. The molecule has 148 valence electrons. The van der Waals surface area contributed by atoms with Gasteiger partial charge in [0, 0.05) is 5.56 Å². The molecule has 0 spiro atoms. The number of methoxy groups -OCH3 is 1. The van der Waals surface area contributed by atoms with Crippen molar-refractivity contribution in [3.05, 3.63) is 29.3 Å². The zero-order valence-electron chi connectivity index (χ0n) is 16.4. The minimum atomic E-state index is -0.704. The lowest BCUT2D eigenvalue weighted by Gasteiger charge is -2.58. The predicted octanol–water partition coefficient (Wildman–Crippen LogP) is 3.26. The number of ether oxygens (including phenoxy) is 1. The van der Waals surface area contributed by atoms with Crippen LogP contribution in [-0.2, 0) is 16.1 Å². The maximum Gasteiger partial charge on any atom is 0.335 e. The first-order chi connectivity index (χ1) is 13.4. The van der Waals surface area contributed by atoms with E-state index in [0.717, 1.165) is 35.3 Å². The molecule has 6 heteroatoms. The second kappa shape index (κ2) is 6.06. The summed E-state index contributed by atoms with van der Waals surface area (Å²) >= 11 is 0. The summed E-state index contributed by atoms with van der Waals surface area (Å²) in [5.74, 6) is 1.04. The first-order valence-corrected chi connectivity index (χ1v) is 10.2. The van der Waals surface area contributed by atoms with Gasteiger partial charge in [0.15, 0.2) is 0 Å². The summed E-state index contributed by atoms with van der Waals surface area (Å²) in [5, 5.41) is 0. The van der Waals surface area contributed by atoms with Gasteiger partial charge in [0.05, 0.1) is 19.2 Å². The molecule has 4 saturated carbocycles. The number of urea groups is 1. The third-order valence-electron chi connectivity index (χ3n) is 7.30. The molecule has 28 heavy (non-hydrogen) atoms. The molecule has 4 aliphatic carbocycles. The molecule has 1 aliphatic heterocycles. The number of hydrogen-bond acceptors (Lipinski definition) is 4. The second-order valence-electron chi connectivity index (χ2n) is 9.27.